The third-order valence-corrected chi connectivity index (χ3v) is 5.97. The molecule has 7 nitrogen and oxygen atoms in total. The molecular formula is C17H18N4O3S. The number of nitrogens with zero attached hydrogens (tertiary/aromatic N) is 4. The Hall–Kier alpha value is -2.45. The van der Waals surface area contributed by atoms with Crippen molar-refractivity contribution in [1.82, 2.24) is 13.9 Å². The van der Waals surface area contributed by atoms with Gasteiger partial charge in [-0.3, -0.25) is 0 Å². The Bertz CT molecular complexity index is 1000. The van der Waals surface area contributed by atoms with Crippen LogP contribution in [0.15, 0.2) is 48.9 Å². The lowest BCUT2D eigenvalue weighted by molar-refractivity contribution is 0.198. The van der Waals surface area contributed by atoms with Crippen LogP contribution in [0, 0.1) is 0 Å². The third kappa shape index (κ3) is 2.98. The second-order valence-electron chi connectivity index (χ2n) is 6.18. The minimum absolute atomic E-state index is 0.0978. The smallest absolute Gasteiger partial charge is 0.244 e. The van der Waals surface area contributed by atoms with Gasteiger partial charge >= 0.3 is 0 Å². The topological polar surface area (TPSA) is 88.3 Å². The second-order valence-corrected chi connectivity index (χ2v) is 8.02. The van der Waals surface area contributed by atoms with E-state index in [-0.39, 0.29) is 11.9 Å². The summed E-state index contributed by atoms with van der Waals surface area (Å²) in [5.74, 6) is 0.564. The number of anilines is 1. The first-order valence-electron chi connectivity index (χ1n) is 8.07. The van der Waals surface area contributed by atoms with Gasteiger partial charge in [-0.25, -0.2) is 22.4 Å². The zero-order valence-electron chi connectivity index (χ0n) is 13.5. The first-order valence-corrected chi connectivity index (χ1v) is 9.68. The van der Waals surface area contributed by atoms with Gasteiger partial charge in [-0.1, -0.05) is 30.3 Å². The lowest BCUT2D eigenvalue weighted by Gasteiger charge is -2.17. The van der Waals surface area contributed by atoms with Crippen LogP contribution < -0.4 is 4.90 Å². The molecule has 0 radical (unpaired) electrons. The van der Waals surface area contributed by atoms with Crippen molar-refractivity contribution in [2.45, 2.75) is 18.3 Å². The van der Waals surface area contributed by atoms with Gasteiger partial charge in [0.2, 0.25) is 10.0 Å². The number of β-amino-alcohol motifs (C(OH)–C–C–N with tert-alkyl or cyclic N) is 1. The Balaban J connectivity index is 1.74. The van der Waals surface area contributed by atoms with Crippen LogP contribution in [-0.4, -0.2) is 46.7 Å². The quantitative estimate of drug-likeness (QED) is 0.758. The SMILES string of the molecule is O=S(=O)(Cc1ccccc1)n1ccc2c(N3CCC(O)C3)ncnc21. The summed E-state index contributed by atoms with van der Waals surface area (Å²) in [5, 5.41) is 10.4. The summed E-state index contributed by atoms with van der Waals surface area (Å²) in [4.78, 5) is 10.4. The average Bonchev–Trinajstić information content (AvgIpc) is 3.21. The summed E-state index contributed by atoms with van der Waals surface area (Å²) in [5.41, 5.74) is 1.09. The summed E-state index contributed by atoms with van der Waals surface area (Å²) < 4.78 is 26.8. The van der Waals surface area contributed by atoms with Gasteiger partial charge in [0.15, 0.2) is 5.65 Å². The first-order chi connectivity index (χ1) is 12.0. The van der Waals surface area contributed by atoms with Crippen molar-refractivity contribution >= 4 is 26.9 Å². The van der Waals surface area contributed by atoms with Crippen molar-refractivity contribution in [3.05, 3.63) is 54.5 Å². The summed E-state index contributed by atoms with van der Waals surface area (Å²) in [6.07, 6.45) is 3.19. The molecule has 0 bridgehead atoms. The molecule has 1 aliphatic rings. The summed E-state index contributed by atoms with van der Waals surface area (Å²) >= 11 is 0. The summed E-state index contributed by atoms with van der Waals surface area (Å²) in [6, 6.07) is 10.8. The van der Waals surface area contributed by atoms with E-state index in [9.17, 15) is 13.5 Å². The van der Waals surface area contributed by atoms with E-state index in [1.165, 1.54) is 16.5 Å². The number of aromatic nitrogens is 3. The van der Waals surface area contributed by atoms with Gasteiger partial charge in [0.1, 0.15) is 12.1 Å². The minimum atomic E-state index is -3.59. The maximum absolute atomic E-state index is 12.8. The number of hydrogen-bond donors (Lipinski definition) is 1. The molecule has 0 spiro atoms. The Morgan fingerprint density at radius 2 is 1.96 bits per heavy atom. The minimum Gasteiger partial charge on any atom is -0.391 e. The maximum Gasteiger partial charge on any atom is 0.244 e. The Morgan fingerprint density at radius 3 is 2.68 bits per heavy atom. The third-order valence-electron chi connectivity index (χ3n) is 4.38. The molecule has 2 aromatic heterocycles. The van der Waals surface area contributed by atoms with E-state index < -0.39 is 10.0 Å². The van der Waals surface area contributed by atoms with Gasteiger partial charge in [0.05, 0.1) is 17.2 Å². The monoisotopic (exact) mass is 358 g/mol. The number of aliphatic hydroxyl groups is 1. The first kappa shape index (κ1) is 16.0. The van der Waals surface area contributed by atoms with Gasteiger partial charge in [-0.15, -0.1) is 0 Å². The van der Waals surface area contributed by atoms with Crippen LogP contribution in [0.25, 0.3) is 11.0 Å². The molecule has 1 fully saturated rings. The molecule has 1 N–H and O–H groups in total. The van der Waals surface area contributed by atoms with Crippen molar-refractivity contribution in [3.63, 3.8) is 0 Å². The second kappa shape index (κ2) is 6.12. The molecule has 8 heteroatoms. The largest absolute Gasteiger partial charge is 0.391 e. The normalized spacial score (nSPS) is 18.1. The molecule has 1 unspecified atom stereocenters. The molecule has 25 heavy (non-hydrogen) atoms. The highest BCUT2D eigenvalue weighted by molar-refractivity contribution is 7.89. The van der Waals surface area contributed by atoms with Gasteiger partial charge in [-0.2, -0.15) is 0 Å². The van der Waals surface area contributed by atoms with Crippen molar-refractivity contribution in [2.75, 3.05) is 18.0 Å². The number of aliphatic hydroxyl groups excluding tert-OH is 1. The van der Waals surface area contributed by atoms with Crippen molar-refractivity contribution in [2.24, 2.45) is 0 Å². The van der Waals surface area contributed by atoms with Crippen LogP contribution in [0.1, 0.15) is 12.0 Å². The average molecular weight is 358 g/mol. The van der Waals surface area contributed by atoms with Gasteiger partial charge in [0.25, 0.3) is 0 Å². The molecular weight excluding hydrogens is 340 g/mol. The number of hydrogen-bond acceptors (Lipinski definition) is 6. The van der Waals surface area contributed by atoms with Crippen LogP contribution in [0.5, 0.6) is 0 Å². The fourth-order valence-corrected chi connectivity index (χ4v) is 4.59. The number of rotatable bonds is 4. The highest BCUT2D eigenvalue weighted by atomic mass is 32.2. The fourth-order valence-electron chi connectivity index (χ4n) is 3.18. The standard InChI is InChI=1S/C17H18N4O3S/c22-14-6-8-20(10-14)16-15-7-9-21(17(15)19-12-18-16)25(23,24)11-13-4-2-1-3-5-13/h1-5,7,9,12,14,22H,6,8,10-11H2. The lowest BCUT2D eigenvalue weighted by Crippen LogP contribution is -2.22. The highest BCUT2D eigenvalue weighted by Gasteiger charge is 2.25. The van der Waals surface area contributed by atoms with E-state index in [4.69, 9.17) is 0 Å². The van der Waals surface area contributed by atoms with Crippen LogP contribution in [0.2, 0.25) is 0 Å². The zero-order chi connectivity index (χ0) is 17.4. The Kier molecular flexibility index (Phi) is 3.93. The van der Waals surface area contributed by atoms with E-state index in [1.807, 2.05) is 23.1 Å². The highest BCUT2D eigenvalue weighted by Crippen LogP contribution is 2.28. The molecule has 0 aliphatic carbocycles. The molecule has 0 amide bonds. The van der Waals surface area contributed by atoms with Crippen LogP contribution in [-0.2, 0) is 15.8 Å². The molecule has 130 valence electrons. The van der Waals surface area contributed by atoms with Gasteiger partial charge in [0, 0.05) is 19.3 Å². The van der Waals surface area contributed by atoms with E-state index >= 15 is 0 Å². The summed E-state index contributed by atoms with van der Waals surface area (Å²) in [6.45, 7) is 1.18. The van der Waals surface area contributed by atoms with E-state index in [0.717, 1.165) is 5.56 Å². The number of benzene rings is 1. The van der Waals surface area contributed by atoms with Crippen molar-refractivity contribution in [3.8, 4) is 0 Å². The Morgan fingerprint density at radius 1 is 1.16 bits per heavy atom. The molecule has 1 saturated heterocycles. The fraction of sp³-hybridized carbons (Fsp3) is 0.294. The van der Waals surface area contributed by atoms with Crippen LogP contribution >= 0.6 is 0 Å². The van der Waals surface area contributed by atoms with Crippen molar-refractivity contribution < 1.29 is 13.5 Å². The van der Waals surface area contributed by atoms with Crippen molar-refractivity contribution in [1.29, 1.82) is 0 Å². The predicted molar refractivity (Wildman–Crippen MR) is 94.8 cm³/mol. The lowest BCUT2D eigenvalue weighted by atomic mass is 10.2. The van der Waals surface area contributed by atoms with Crippen LogP contribution in [0.3, 0.4) is 0 Å². The van der Waals surface area contributed by atoms with Crippen LogP contribution in [0.4, 0.5) is 5.82 Å². The molecule has 3 aromatic rings. The van der Waals surface area contributed by atoms with E-state index in [1.54, 1.807) is 18.2 Å². The molecule has 1 atom stereocenters. The molecule has 4 rings (SSSR count). The molecule has 3 heterocycles. The maximum atomic E-state index is 12.8. The zero-order valence-corrected chi connectivity index (χ0v) is 14.3. The Labute approximate surface area is 145 Å². The van der Waals surface area contributed by atoms with Gasteiger partial charge in [-0.05, 0) is 18.1 Å². The molecule has 1 aliphatic heterocycles. The predicted octanol–water partition coefficient (Wildman–Crippen LogP) is 1.38. The molecule has 1 aromatic carbocycles. The van der Waals surface area contributed by atoms with E-state index in [2.05, 4.69) is 9.97 Å². The van der Waals surface area contributed by atoms with Gasteiger partial charge < -0.3 is 10.0 Å². The summed E-state index contributed by atoms with van der Waals surface area (Å²) in [7, 11) is -3.59. The number of fused-ring (bicyclic) bond motifs is 1. The van der Waals surface area contributed by atoms with E-state index in [0.29, 0.717) is 36.4 Å². The molecule has 0 saturated carbocycles.